The summed E-state index contributed by atoms with van der Waals surface area (Å²) in [5.74, 6) is 0. The number of rotatable bonds is 12. The van der Waals surface area contributed by atoms with E-state index in [1.165, 1.54) is 32.1 Å². The maximum absolute atomic E-state index is 10.8. The number of nitro groups is 1. The Balaban J connectivity index is 3.65. The highest BCUT2D eigenvalue weighted by Gasteiger charge is 2.40. The molecular formula is C13H27NO4. The highest BCUT2D eigenvalue weighted by molar-refractivity contribution is 4.77. The number of aliphatic hydroxyl groups is 2. The van der Waals surface area contributed by atoms with Crippen LogP contribution in [0.25, 0.3) is 0 Å². The minimum absolute atomic E-state index is 0.252. The van der Waals surface area contributed by atoms with E-state index >= 15 is 0 Å². The van der Waals surface area contributed by atoms with Crippen molar-refractivity contribution in [3.8, 4) is 0 Å². The van der Waals surface area contributed by atoms with Crippen molar-refractivity contribution in [1.82, 2.24) is 0 Å². The van der Waals surface area contributed by atoms with Gasteiger partial charge in [-0.25, -0.2) is 0 Å². The lowest BCUT2D eigenvalue weighted by Crippen LogP contribution is -2.45. The number of nitrogens with zero attached hydrogens (tertiary/aromatic N) is 1. The molecule has 0 heterocycles. The number of aliphatic hydroxyl groups excluding tert-OH is 2. The number of hydrogen-bond acceptors (Lipinski definition) is 4. The molecule has 5 nitrogen and oxygen atoms in total. The Morgan fingerprint density at radius 3 is 1.78 bits per heavy atom. The van der Waals surface area contributed by atoms with E-state index in [-0.39, 0.29) is 6.42 Å². The summed E-state index contributed by atoms with van der Waals surface area (Å²) in [4.78, 5) is 10.3. The van der Waals surface area contributed by atoms with Gasteiger partial charge in [-0.3, -0.25) is 10.1 Å². The van der Waals surface area contributed by atoms with Crippen molar-refractivity contribution >= 4 is 0 Å². The van der Waals surface area contributed by atoms with E-state index in [9.17, 15) is 10.1 Å². The van der Waals surface area contributed by atoms with E-state index in [1.807, 2.05) is 0 Å². The van der Waals surface area contributed by atoms with Gasteiger partial charge in [0.1, 0.15) is 13.2 Å². The van der Waals surface area contributed by atoms with Crippen LogP contribution in [-0.2, 0) is 0 Å². The minimum Gasteiger partial charge on any atom is -0.389 e. The predicted molar refractivity (Wildman–Crippen MR) is 71.1 cm³/mol. The highest BCUT2D eigenvalue weighted by atomic mass is 16.6. The van der Waals surface area contributed by atoms with E-state index < -0.39 is 23.7 Å². The second-order valence-electron chi connectivity index (χ2n) is 5.02. The summed E-state index contributed by atoms with van der Waals surface area (Å²) in [5.41, 5.74) is -1.54. The molecule has 0 aromatic heterocycles. The zero-order chi connectivity index (χ0) is 13.9. The fourth-order valence-corrected chi connectivity index (χ4v) is 2.00. The minimum atomic E-state index is -1.54. The van der Waals surface area contributed by atoms with Gasteiger partial charge in [-0.1, -0.05) is 51.9 Å². The van der Waals surface area contributed by atoms with E-state index in [0.29, 0.717) is 6.42 Å². The Hall–Kier alpha value is -0.680. The third kappa shape index (κ3) is 6.31. The largest absolute Gasteiger partial charge is 0.389 e. The molecule has 0 saturated carbocycles. The smallest absolute Gasteiger partial charge is 0.267 e. The molecule has 0 saturated heterocycles. The molecule has 0 radical (unpaired) electrons. The molecule has 5 heteroatoms. The van der Waals surface area contributed by atoms with Gasteiger partial charge < -0.3 is 10.2 Å². The van der Waals surface area contributed by atoms with E-state index in [2.05, 4.69) is 6.92 Å². The molecule has 18 heavy (non-hydrogen) atoms. The van der Waals surface area contributed by atoms with Gasteiger partial charge in [0.05, 0.1) is 0 Å². The molecule has 0 aromatic carbocycles. The van der Waals surface area contributed by atoms with Gasteiger partial charge in [0.25, 0.3) is 5.54 Å². The van der Waals surface area contributed by atoms with E-state index in [0.717, 1.165) is 12.8 Å². The molecule has 0 aliphatic carbocycles. The molecule has 0 fully saturated rings. The van der Waals surface area contributed by atoms with Crippen LogP contribution in [0, 0.1) is 10.1 Å². The molecule has 0 unspecified atom stereocenters. The summed E-state index contributed by atoms with van der Waals surface area (Å²) >= 11 is 0. The normalized spacial score (nSPS) is 11.7. The average molecular weight is 261 g/mol. The summed E-state index contributed by atoms with van der Waals surface area (Å²) < 4.78 is 0. The zero-order valence-corrected chi connectivity index (χ0v) is 11.4. The van der Waals surface area contributed by atoms with Crippen molar-refractivity contribution in [2.24, 2.45) is 0 Å². The van der Waals surface area contributed by atoms with Crippen molar-refractivity contribution in [3.63, 3.8) is 0 Å². The Labute approximate surface area is 109 Å². The molecule has 2 N–H and O–H groups in total. The fraction of sp³-hybridized carbons (Fsp3) is 1.00. The van der Waals surface area contributed by atoms with Crippen LogP contribution in [0.1, 0.15) is 64.7 Å². The van der Waals surface area contributed by atoms with Gasteiger partial charge in [0, 0.05) is 11.3 Å². The monoisotopic (exact) mass is 261 g/mol. The fourth-order valence-electron chi connectivity index (χ4n) is 2.00. The summed E-state index contributed by atoms with van der Waals surface area (Å²) in [6.45, 7) is 1.00. The Kier molecular flexibility index (Phi) is 9.87. The standard InChI is InChI=1S/C13H27NO4/c1-2-3-4-5-6-7-8-9-10-13(11-15,12-16)14(17)18/h15-16H,2-12H2,1H3. The first kappa shape index (κ1) is 17.3. The maximum Gasteiger partial charge on any atom is 0.267 e. The summed E-state index contributed by atoms with van der Waals surface area (Å²) in [6, 6.07) is 0. The molecule has 0 bridgehead atoms. The van der Waals surface area contributed by atoms with Crippen LogP contribution in [0.15, 0.2) is 0 Å². The first-order valence-corrected chi connectivity index (χ1v) is 6.99. The molecule has 0 aliphatic rings. The lowest BCUT2D eigenvalue weighted by molar-refractivity contribution is -0.578. The lowest BCUT2D eigenvalue weighted by atomic mass is 9.94. The molecular weight excluding hydrogens is 234 g/mol. The molecule has 108 valence electrons. The van der Waals surface area contributed by atoms with Crippen LogP contribution >= 0.6 is 0 Å². The lowest BCUT2D eigenvalue weighted by Gasteiger charge is -2.20. The van der Waals surface area contributed by atoms with Crippen LogP contribution in [0.2, 0.25) is 0 Å². The van der Waals surface area contributed by atoms with E-state index in [4.69, 9.17) is 10.2 Å². The topological polar surface area (TPSA) is 83.6 Å². The van der Waals surface area contributed by atoms with Crippen LogP contribution in [0.4, 0.5) is 0 Å². The van der Waals surface area contributed by atoms with Crippen molar-refractivity contribution in [2.45, 2.75) is 70.3 Å². The quantitative estimate of drug-likeness (QED) is 0.321. The second kappa shape index (κ2) is 10.3. The molecule has 0 aromatic rings. The van der Waals surface area contributed by atoms with Crippen molar-refractivity contribution in [2.75, 3.05) is 13.2 Å². The van der Waals surface area contributed by atoms with Gasteiger partial charge in [0.15, 0.2) is 0 Å². The molecule has 0 rings (SSSR count). The van der Waals surface area contributed by atoms with Crippen molar-refractivity contribution in [3.05, 3.63) is 10.1 Å². The van der Waals surface area contributed by atoms with Crippen molar-refractivity contribution < 1.29 is 15.1 Å². The molecule has 0 spiro atoms. The van der Waals surface area contributed by atoms with Gasteiger partial charge in [-0.2, -0.15) is 0 Å². The van der Waals surface area contributed by atoms with Crippen molar-refractivity contribution in [1.29, 1.82) is 0 Å². The van der Waals surface area contributed by atoms with Crippen LogP contribution in [0.3, 0.4) is 0 Å². The molecule has 0 aliphatic heterocycles. The molecule has 0 amide bonds. The maximum atomic E-state index is 10.8. The predicted octanol–water partition coefficient (Wildman–Crippen LogP) is 2.52. The summed E-state index contributed by atoms with van der Waals surface area (Å²) in [7, 11) is 0. The first-order chi connectivity index (χ1) is 8.63. The third-order valence-corrected chi connectivity index (χ3v) is 3.47. The van der Waals surface area contributed by atoms with Crippen LogP contribution < -0.4 is 0 Å². The van der Waals surface area contributed by atoms with Gasteiger partial charge >= 0.3 is 0 Å². The van der Waals surface area contributed by atoms with Gasteiger partial charge in [-0.05, 0) is 6.42 Å². The third-order valence-electron chi connectivity index (χ3n) is 3.47. The van der Waals surface area contributed by atoms with E-state index in [1.54, 1.807) is 0 Å². The Bertz CT molecular complexity index is 217. The van der Waals surface area contributed by atoms with Crippen LogP contribution in [-0.4, -0.2) is 33.9 Å². The zero-order valence-electron chi connectivity index (χ0n) is 11.4. The number of hydrogen-bond donors (Lipinski definition) is 2. The highest BCUT2D eigenvalue weighted by Crippen LogP contribution is 2.19. The van der Waals surface area contributed by atoms with Crippen LogP contribution in [0.5, 0.6) is 0 Å². The second-order valence-corrected chi connectivity index (χ2v) is 5.02. The summed E-state index contributed by atoms with van der Waals surface area (Å²) in [6.07, 6.45) is 9.13. The SMILES string of the molecule is CCCCCCCCCCC(CO)(CO)[N+](=O)[O-]. The van der Waals surface area contributed by atoms with Gasteiger partial charge in [-0.15, -0.1) is 0 Å². The summed E-state index contributed by atoms with van der Waals surface area (Å²) in [5, 5.41) is 28.9. The Morgan fingerprint density at radius 1 is 0.944 bits per heavy atom. The Morgan fingerprint density at radius 2 is 1.39 bits per heavy atom. The average Bonchev–Trinajstić information content (AvgIpc) is 2.37. The van der Waals surface area contributed by atoms with Gasteiger partial charge in [0.2, 0.25) is 0 Å². The molecule has 0 atom stereocenters. The first-order valence-electron chi connectivity index (χ1n) is 6.99. The number of unbranched alkanes of at least 4 members (excludes halogenated alkanes) is 7.